The highest BCUT2D eigenvalue weighted by Gasteiger charge is 2.18. The summed E-state index contributed by atoms with van der Waals surface area (Å²) in [6.07, 6.45) is 0.0887. The Morgan fingerprint density at radius 3 is 2.31 bits per heavy atom. The number of hydrogen-bond acceptors (Lipinski definition) is 4. The molecule has 5 heteroatoms. The Balaban J connectivity index is 0.00000225. The standard InChI is InChI=1S/C11H17NO3.ClH/c1-3-8(12-2)11(15)7-4-5-9(13)10(14)6-7;/h4-6,8,11-15H,3H2,1-2H3;1H. The van der Waals surface area contributed by atoms with Gasteiger partial charge in [-0.25, -0.2) is 0 Å². The minimum Gasteiger partial charge on any atom is -0.504 e. The molecule has 0 aromatic heterocycles. The Morgan fingerprint density at radius 1 is 1.25 bits per heavy atom. The van der Waals surface area contributed by atoms with Gasteiger partial charge in [-0.05, 0) is 31.2 Å². The van der Waals surface area contributed by atoms with Crippen molar-refractivity contribution in [2.75, 3.05) is 7.05 Å². The van der Waals surface area contributed by atoms with Crippen molar-refractivity contribution in [3.63, 3.8) is 0 Å². The SMILES string of the molecule is CCC(NC)C(O)c1ccc(O)c(O)c1.Cl. The quantitative estimate of drug-likeness (QED) is 0.610. The lowest BCUT2D eigenvalue weighted by atomic mass is 10.00. The number of aromatic hydroxyl groups is 2. The third kappa shape index (κ3) is 3.27. The Kier molecular flexibility index (Phi) is 6.18. The normalized spacial score (nSPS) is 13.9. The minimum atomic E-state index is -0.688. The molecule has 0 spiro atoms. The molecule has 0 saturated carbocycles. The lowest BCUT2D eigenvalue weighted by molar-refractivity contribution is 0.130. The number of nitrogens with one attached hydrogen (secondary N) is 1. The first-order chi connectivity index (χ1) is 7.10. The third-order valence-corrected chi connectivity index (χ3v) is 2.53. The van der Waals surface area contributed by atoms with E-state index >= 15 is 0 Å². The monoisotopic (exact) mass is 247 g/mol. The van der Waals surface area contributed by atoms with E-state index in [1.165, 1.54) is 12.1 Å². The molecular formula is C11H18ClNO3. The van der Waals surface area contributed by atoms with Crippen LogP contribution >= 0.6 is 12.4 Å². The predicted molar refractivity (Wildman–Crippen MR) is 65.1 cm³/mol. The second-order valence-electron chi connectivity index (χ2n) is 3.50. The minimum absolute atomic E-state index is 0. The van der Waals surface area contributed by atoms with Gasteiger partial charge in [-0.1, -0.05) is 13.0 Å². The van der Waals surface area contributed by atoms with Crippen LogP contribution in [0.4, 0.5) is 0 Å². The average Bonchev–Trinajstić information content (AvgIpc) is 2.23. The summed E-state index contributed by atoms with van der Waals surface area (Å²) in [6, 6.07) is 4.28. The Bertz CT molecular complexity index is 329. The van der Waals surface area contributed by atoms with E-state index in [4.69, 9.17) is 5.11 Å². The molecule has 0 heterocycles. The summed E-state index contributed by atoms with van der Waals surface area (Å²) < 4.78 is 0. The number of aliphatic hydroxyl groups excluding tert-OH is 1. The van der Waals surface area contributed by atoms with Gasteiger partial charge in [-0.3, -0.25) is 0 Å². The highest BCUT2D eigenvalue weighted by atomic mass is 35.5. The first-order valence-electron chi connectivity index (χ1n) is 4.97. The van der Waals surface area contributed by atoms with Gasteiger partial charge in [0.15, 0.2) is 11.5 Å². The van der Waals surface area contributed by atoms with Crippen molar-refractivity contribution >= 4 is 12.4 Å². The van der Waals surface area contributed by atoms with Crippen molar-refractivity contribution < 1.29 is 15.3 Å². The van der Waals surface area contributed by atoms with Crippen molar-refractivity contribution in [1.29, 1.82) is 0 Å². The van der Waals surface area contributed by atoms with E-state index in [2.05, 4.69) is 5.32 Å². The Labute approximate surface area is 101 Å². The van der Waals surface area contributed by atoms with Crippen LogP contribution in [0.1, 0.15) is 25.0 Å². The first-order valence-corrected chi connectivity index (χ1v) is 4.97. The van der Waals surface area contributed by atoms with Crippen LogP contribution in [-0.4, -0.2) is 28.4 Å². The van der Waals surface area contributed by atoms with Crippen LogP contribution in [0.3, 0.4) is 0 Å². The molecule has 1 aromatic rings. The Hall–Kier alpha value is -0.970. The molecule has 0 amide bonds. The summed E-state index contributed by atoms with van der Waals surface area (Å²) in [5, 5.41) is 31.4. The second-order valence-corrected chi connectivity index (χ2v) is 3.50. The zero-order valence-corrected chi connectivity index (χ0v) is 10.2. The predicted octanol–water partition coefficient (Wildman–Crippen LogP) is 1.55. The van der Waals surface area contributed by atoms with E-state index in [9.17, 15) is 10.2 Å². The van der Waals surface area contributed by atoms with Crippen molar-refractivity contribution in [1.82, 2.24) is 5.32 Å². The molecule has 92 valence electrons. The molecule has 16 heavy (non-hydrogen) atoms. The molecule has 0 saturated heterocycles. The van der Waals surface area contributed by atoms with Gasteiger partial charge >= 0.3 is 0 Å². The topological polar surface area (TPSA) is 72.7 Å². The van der Waals surface area contributed by atoms with Gasteiger partial charge in [0.25, 0.3) is 0 Å². The number of hydrogen-bond donors (Lipinski definition) is 4. The number of aliphatic hydroxyl groups is 1. The Morgan fingerprint density at radius 2 is 1.88 bits per heavy atom. The fraction of sp³-hybridized carbons (Fsp3) is 0.455. The molecule has 1 aromatic carbocycles. The number of rotatable bonds is 4. The number of likely N-dealkylation sites (N-methyl/N-ethyl adjacent to an activating group) is 1. The number of phenols is 2. The van der Waals surface area contributed by atoms with Crippen molar-refractivity contribution in [3.05, 3.63) is 23.8 Å². The smallest absolute Gasteiger partial charge is 0.157 e. The highest BCUT2D eigenvalue weighted by molar-refractivity contribution is 5.85. The zero-order chi connectivity index (χ0) is 11.4. The van der Waals surface area contributed by atoms with Gasteiger partial charge in [-0.15, -0.1) is 12.4 Å². The molecule has 2 unspecified atom stereocenters. The van der Waals surface area contributed by atoms with E-state index in [0.717, 1.165) is 6.42 Å². The van der Waals surface area contributed by atoms with Gasteiger partial charge in [-0.2, -0.15) is 0 Å². The van der Waals surface area contributed by atoms with Crippen molar-refractivity contribution in [2.24, 2.45) is 0 Å². The van der Waals surface area contributed by atoms with Crippen molar-refractivity contribution in [2.45, 2.75) is 25.5 Å². The van der Waals surface area contributed by atoms with Gasteiger partial charge < -0.3 is 20.6 Å². The van der Waals surface area contributed by atoms with Gasteiger partial charge in [0.05, 0.1) is 6.10 Å². The van der Waals surface area contributed by atoms with Crippen LogP contribution in [0.5, 0.6) is 11.5 Å². The molecule has 0 bridgehead atoms. The maximum absolute atomic E-state index is 9.94. The zero-order valence-electron chi connectivity index (χ0n) is 9.34. The summed E-state index contributed by atoms with van der Waals surface area (Å²) >= 11 is 0. The summed E-state index contributed by atoms with van der Waals surface area (Å²) in [5.74, 6) is -0.388. The van der Waals surface area contributed by atoms with Gasteiger partial charge in [0.2, 0.25) is 0 Å². The van der Waals surface area contributed by atoms with E-state index in [1.54, 1.807) is 13.1 Å². The molecule has 4 nitrogen and oxygen atoms in total. The fourth-order valence-corrected chi connectivity index (χ4v) is 1.54. The van der Waals surface area contributed by atoms with E-state index in [-0.39, 0.29) is 29.9 Å². The van der Waals surface area contributed by atoms with E-state index in [0.29, 0.717) is 5.56 Å². The van der Waals surface area contributed by atoms with Crippen LogP contribution < -0.4 is 5.32 Å². The molecule has 0 fully saturated rings. The van der Waals surface area contributed by atoms with E-state index in [1.807, 2.05) is 6.92 Å². The van der Waals surface area contributed by atoms with Crippen molar-refractivity contribution in [3.8, 4) is 11.5 Å². The summed E-state index contributed by atoms with van der Waals surface area (Å²) in [6.45, 7) is 1.96. The van der Waals surface area contributed by atoms with Gasteiger partial charge in [0, 0.05) is 6.04 Å². The molecule has 1 rings (SSSR count). The van der Waals surface area contributed by atoms with Crippen LogP contribution in [0.25, 0.3) is 0 Å². The van der Waals surface area contributed by atoms with Crippen LogP contribution in [-0.2, 0) is 0 Å². The van der Waals surface area contributed by atoms with Crippen LogP contribution in [0.2, 0.25) is 0 Å². The first kappa shape index (κ1) is 15.0. The molecule has 2 atom stereocenters. The molecule has 4 N–H and O–H groups in total. The lowest BCUT2D eigenvalue weighted by Gasteiger charge is -2.21. The maximum Gasteiger partial charge on any atom is 0.157 e. The average molecular weight is 248 g/mol. The maximum atomic E-state index is 9.94. The van der Waals surface area contributed by atoms with Gasteiger partial charge in [0.1, 0.15) is 0 Å². The molecule has 0 aliphatic carbocycles. The number of benzene rings is 1. The van der Waals surface area contributed by atoms with Crippen LogP contribution in [0, 0.1) is 0 Å². The van der Waals surface area contributed by atoms with Crippen LogP contribution in [0.15, 0.2) is 18.2 Å². The number of phenolic OH excluding ortho intramolecular Hbond substituents is 2. The second kappa shape index (κ2) is 6.58. The van der Waals surface area contributed by atoms with E-state index < -0.39 is 6.10 Å². The highest BCUT2D eigenvalue weighted by Crippen LogP contribution is 2.29. The molecular weight excluding hydrogens is 230 g/mol. The molecule has 0 aliphatic heterocycles. The lowest BCUT2D eigenvalue weighted by Crippen LogP contribution is -2.31. The largest absolute Gasteiger partial charge is 0.504 e. The summed E-state index contributed by atoms with van der Waals surface area (Å²) in [5.41, 5.74) is 0.589. The fourth-order valence-electron chi connectivity index (χ4n) is 1.54. The number of halogens is 1. The molecule has 0 radical (unpaired) electrons. The summed E-state index contributed by atoms with van der Waals surface area (Å²) in [4.78, 5) is 0. The summed E-state index contributed by atoms with van der Waals surface area (Å²) in [7, 11) is 1.78. The molecule has 0 aliphatic rings. The third-order valence-electron chi connectivity index (χ3n) is 2.53.